The largest absolute Gasteiger partial charge is 0.396 e. The predicted octanol–water partition coefficient (Wildman–Crippen LogP) is 2.62. The molecule has 15 heavy (non-hydrogen) atoms. The van der Waals surface area contributed by atoms with E-state index in [1.54, 1.807) is 0 Å². The summed E-state index contributed by atoms with van der Waals surface area (Å²) in [6, 6.07) is 0. The van der Waals surface area contributed by atoms with Gasteiger partial charge in [-0.05, 0) is 50.4 Å². The summed E-state index contributed by atoms with van der Waals surface area (Å²) in [7, 11) is 0. The summed E-state index contributed by atoms with van der Waals surface area (Å²) in [4.78, 5) is 0. The van der Waals surface area contributed by atoms with Crippen LogP contribution in [0.1, 0.15) is 64.2 Å². The minimum atomic E-state index is -0.390. The zero-order chi connectivity index (χ0) is 10.8. The summed E-state index contributed by atoms with van der Waals surface area (Å²) in [6.07, 6.45) is 11.2. The Morgan fingerprint density at radius 2 is 1.53 bits per heavy atom. The molecule has 88 valence electrons. The summed E-state index contributed by atoms with van der Waals surface area (Å²) in [5.41, 5.74) is -0.231. The van der Waals surface area contributed by atoms with Crippen LogP contribution in [-0.4, -0.2) is 22.4 Å². The molecule has 2 aliphatic carbocycles. The molecule has 2 nitrogen and oxygen atoms in total. The fourth-order valence-corrected chi connectivity index (χ4v) is 3.92. The first-order valence-electron chi connectivity index (χ1n) is 6.56. The van der Waals surface area contributed by atoms with Gasteiger partial charge in [-0.15, -0.1) is 0 Å². The highest BCUT2D eigenvalue weighted by Crippen LogP contribution is 2.56. The lowest BCUT2D eigenvalue weighted by Crippen LogP contribution is -2.43. The summed E-state index contributed by atoms with van der Waals surface area (Å²) in [6.45, 7) is 0.276. The van der Waals surface area contributed by atoms with Crippen LogP contribution < -0.4 is 0 Å². The van der Waals surface area contributed by atoms with Gasteiger partial charge in [0.2, 0.25) is 0 Å². The Bertz CT molecular complexity index is 217. The van der Waals surface area contributed by atoms with Crippen molar-refractivity contribution in [2.45, 2.75) is 69.8 Å². The lowest BCUT2D eigenvalue weighted by Gasteiger charge is -2.41. The third-order valence-corrected chi connectivity index (χ3v) is 4.79. The molecule has 0 saturated heterocycles. The van der Waals surface area contributed by atoms with E-state index in [2.05, 4.69) is 0 Å². The van der Waals surface area contributed by atoms with E-state index in [4.69, 9.17) is 5.11 Å². The molecule has 2 heteroatoms. The molecular formula is C13H24O2. The Balaban J connectivity index is 2.14. The van der Waals surface area contributed by atoms with Gasteiger partial charge in [0.1, 0.15) is 0 Å². The van der Waals surface area contributed by atoms with Crippen molar-refractivity contribution in [3.63, 3.8) is 0 Å². The van der Waals surface area contributed by atoms with Crippen LogP contribution >= 0.6 is 0 Å². The van der Waals surface area contributed by atoms with Gasteiger partial charge in [-0.1, -0.05) is 19.3 Å². The van der Waals surface area contributed by atoms with E-state index >= 15 is 0 Å². The van der Waals surface area contributed by atoms with Crippen LogP contribution in [0.25, 0.3) is 0 Å². The molecule has 0 radical (unpaired) electrons. The van der Waals surface area contributed by atoms with Crippen molar-refractivity contribution in [1.29, 1.82) is 0 Å². The molecule has 2 fully saturated rings. The Morgan fingerprint density at radius 1 is 0.867 bits per heavy atom. The molecular weight excluding hydrogens is 188 g/mol. The zero-order valence-corrected chi connectivity index (χ0v) is 9.67. The number of fused-ring (bicyclic) bond motifs is 1. The predicted molar refractivity (Wildman–Crippen MR) is 60.6 cm³/mol. The highest BCUT2D eigenvalue weighted by molar-refractivity contribution is 5.04. The van der Waals surface area contributed by atoms with Crippen LogP contribution in [0.4, 0.5) is 0 Å². The maximum atomic E-state index is 10.8. The second-order valence-corrected chi connectivity index (χ2v) is 5.55. The van der Waals surface area contributed by atoms with Crippen molar-refractivity contribution in [3.8, 4) is 0 Å². The fourth-order valence-electron chi connectivity index (χ4n) is 3.92. The molecule has 0 unspecified atom stereocenters. The number of aliphatic hydroxyl groups excluding tert-OH is 1. The fraction of sp³-hybridized carbons (Fsp3) is 1.00. The van der Waals surface area contributed by atoms with Crippen molar-refractivity contribution in [1.82, 2.24) is 0 Å². The van der Waals surface area contributed by atoms with E-state index in [0.717, 1.165) is 25.7 Å². The van der Waals surface area contributed by atoms with Crippen LogP contribution in [-0.2, 0) is 0 Å². The van der Waals surface area contributed by atoms with Crippen molar-refractivity contribution in [2.75, 3.05) is 6.61 Å². The normalized spacial score (nSPS) is 41.2. The highest BCUT2D eigenvalue weighted by Gasteiger charge is 2.52. The van der Waals surface area contributed by atoms with Gasteiger partial charge in [0, 0.05) is 6.61 Å². The number of aliphatic hydroxyl groups is 2. The quantitative estimate of drug-likeness (QED) is 0.755. The first-order valence-corrected chi connectivity index (χ1v) is 6.56. The average molecular weight is 212 g/mol. The van der Waals surface area contributed by atoms with E-state index < -0.39 is 5.60 Å². The van der Waals surface area contributed by atoms with E-state index in [9.17, 15) is 5.11 Å². The Labute approximate surface area is 92.7 Å². The molecule has 2 N–H and O–H groups in total. The van der Waals surface area contributed by atoms with Crippen LogP contribution in [0.5, 0.6) is 0 Å². The maximum Gasteiger partial charge on any atom is 0.0703 e. The van der Waals surface area contributed by atoms with Crippen LogP contribution in [0.3, 0.4) is 0 Å². The molecule has 2 saturated carbocycles. The third kappa shape index (κ3) is 1.94. The van der Waals surface area contributed by atoms with Crippen molar-refractivity contribution in [3.05, 3.63) is 0 Å². The molecule has 2 aliphatic rings. The van der Waals surface area contributed by atoms with E-state index in [-0.39, 0.29) is 12.0 Å². The van der Waals surface area contributed by atoms with Gasteiger partial charge >= 0.3 is 0 Å². The Morgan fingerprint density at radius 3 is 2.33 bits per heavy atom. The monoisotopic (exact) mass is 212 g/mol. The number of hydrogen-bond acceptors (Lipinski definition) is 2. The zero-order valence-electron chi connectivity index (χ0n) is 9.67. The Hall–Kier alpha value is -0.0800. The second kappa shape index (κ2) is 4.42. The van der Waals surface area contributed by atoms with Gasteiger partial charge in [0.25, 0.3) is 0 Å². The van der Waals surface area contributed by atoms with Crippen LogP contribution in [0.2, 0.25) is 0 Å². The summed E-state index contributed by atoms with van der Waals surface area (Å²) in [5, 5.41) is 19.8. The van der Waals surface area contributed by atoms with E-state index in [1.807, 2.05) is 0 Å². The first kappa shape index (κ1) is 11.4. The number of rotatable bonds is 3. The molecule has 0 spiro atoms. The van der Waals surface area contributed by atoms with Crippen molar-refractivity contribution < 1.29 is 10.2 Å². The molecule has 2 atom stereocenters. The lowest BCUT2D eigenvalue weighted by atomic mass is 9.68. The van der Waals surface area contributed by atoms with Crippen LogP contribution in [0.15, 0.2) is 0 Å². The van der Waals surface area contributed by atoms with Gasteiger partial charge < -0.3 is 10.2 Å². The van der Waals surface area contributed by atoms with Crippen molar-refractivity contribution >= 4 is 0 Å². The lowest BCUT2D eigenvalue weighted by molar-refractivity contribution is -0.0737. The Kier molecular flexibility index (Phi) is 3.36. The smallest absolute Gasteiger partial charge is 0.0703 e. The minimum Gasteiger partial charge on any atom is -0.396 e. The first-order chi connectivity index (χ1) is 7.22. The molecule has 2 rings (SSSR count). The molecule has 0 bridgehead atoms. The van der Waals surface area contributed by atoms with Crippen LogP contribution in [0, 0.1) is 5.41 Å². The highest BCUT2D eigenvalue weighted by atomic mass is 16.3. The molecule has 0 aromatic heterocycles. The molecule has 0 amide bonds. The third-order valence-electron chi connectivity index (χ3n) is 4.79. The van der Waals surface area contributed by atoms with Gasteiger partial charge in [-0.25, -0.2) is 0 Å². The second-order valence-electron chi connectivity index (χ2n) is 5.55. The van der Waals surface area contributed by atoms with E-state index in [1.165, 1.54) is 38.5 Å². The summed E-state index contributed by atoms with van der Waals surface area (Å²) < 4.78 is 0. The molecule has 0 aromatic carbocycles. The standard InChI is InChI=1S/C13H24O2/c14-11-5-8-12-6-2-1-3-9-13(12,15)10-4-7-12/h14-15H,1-11H2/t12-,13-/m1/s1. The minimum absolute atomic E-state index is 0.159. The molecule has 0 aromatic rings. The van der Waals surface area contributed by atoms with Gasteiger partial charge in [-0.2, -0.15) is 0 Å². The van der Waals surface area contributed by atoms with Gasteiger partial charge in [0.05, 0.1) is 5.60 Å². The number of hydrogen-bond donors (Lipinski definition) is 2. The topological polar surface area (TPSA) is 40.5 Å². The molecule has 0 heterocycles. The molecule has 0 aliphatic heterocycles. The van der Waals surface area contributed by atoms with Crippen molar-refractivity contribution in [2.24, 2.45) is 5.41 Å². The summed E-state index contributed by atoms with van der Waals surface area (Å²) in [5.74, 6) is 0. The van der Waals surface area contributed by atoms with Gasteiger partial charge in [-0.3, -0.25) is 0 Å². The SMILES string of the molecule is OCCC[C@]12CCCCC[C@@]1(O)CCC2. The summed E-state index contributed by atoms with van der Waals surface area (Å²) >= 11 is 0. The average Bonchev–Trinajstić information content (AvgIpc) is 2.45. The van der Waals surface area contributed by atoms with Gasteiger partial charge in [0.15, 0.2) is 0 Å². The van der Waals surface area contributed by atoms with E-state index in [0.29, 0.717) is 0 Å². The maximum absolute atomic E-state index is 10.8.